The van der Waals surface area contributed by atoms with Crippen molar-refractivity contribution in [3.63, 3.8) is 0 Å². The van der Waals surface area contributed by atoms with Crippen molar-refractivity contribution in [3.8, 4) is 0 Å². The molecule has 0 spiro atoms. The molecule has 96 valence electrons. The summed E-state index contributed by atoms with van der Waals surface area (Å²) in [6.45, 7) is 3.39. The fourth-order valence-electron chi connectivity index (χ4n) is 2.81. The van der Waals surface area contributed by atoms with Crippen molar-refractivity contribution in [3.05, 3.63) is 16.6 Å². The number of hydrogen-bond donors (Lipinski definition) is 1. The van der Waals surface area contributed by atoms with Crippen LogP contribution in [0.15, 0.2) is 11.6 Å². The number of aromatic nitrogens is 1. The molecule has 1 saturated carbocycles. The van der Waals surface area contributed by atoms with E-state index >= 15 is 0 Å². The van der Waals surface area contributed by atoms with Gasteiger partial charge in [-0.05, 0) is 31.7 Å². The monoisotopic (exact) mass is 252 g/mol. The maximum Gasteiger partial charge on any atom is 0.0940 e. The van der Waals surface area contributed by atoms with Crippen LogP contribution < -0.4 is 5.32 Å². The third kappa shape index (κ3) is 4.07. The highest BCUT2D eigenvalue weighted by molar-refractivity contribution is 7.09. The minimum absolute atomic E-state index is 0.654. The van der Waals surface area contributed by atoms with Gasteiger partial charge in [-0.25, -0.2) is 4.98 Å². The lowest BCUT2D eigenvalue weighted by atomic mass is 9.82. The molecule has 17 heavy (non-hydrogen) atoms. The molecule has 2 nitrogen and oxygen atoms in total. The molecule has 3 heteroatoms. The molecule has 1 atom stereocenters. The van der Waals surface area contributed by atoms with E-state index in [0.717, 1.165) is 18.9 Å². The molecule has 1 aromatic rings. The first-order valence-electron chi connectivity index (χ1n) is 7.02. The van der Waals surface area contributed by atoms with E-state index in [1.807, 2.05) is 6.20 Å². The summed E-state index contributed by atoms with van der Waals surface area (Å²) in [5, 5.41) is 7.13. The Labute approximate surface area is 109 Å². The summed E-state index contributed by atoms with van der Waals surface area (Å²) in [7, 11) is 0. The average Bonchev–Trinajstić information content (AvgIpc) is 2.88. The van der Waals surface area contributed by atoms with Gasteiger partial charge >= 0.3 is 0 Å². The van der Waals surface area contributed by atoms with Crippen LogP contribution in [0.4, 0.5) is 0 Å². The van der Waals surface area contributed by atoms with Gasteiger partial charge < -0.3 is 5.32 Å². The first-order valence-corrected chi connectivity index (χ1v) is 7.90. The van der Waals surface area contributed by atoms with Gasteiger partial charge in [-0.3, -0.25) is 0 Å². The zero-order valence-corrected chi connectivity index (χ0v) is 11.6. The number of thiazole rings is 1. The van der Waals surface area contributed by atoms with E-state index < -0.39 is 0 Å². The molecule has 1 heterocycles. The number of nitrogens with zero attached hydrogens (tertiary/aromatic N) is 1. The molecule has 1 aromatic heterocycles. The third-order valence-corrected chi connectivity index (χ3v) is 4.56. The molecule has 2 rings (SSSR count). The van der Waals surface area contributed by atoms with Crippen LogP contribution in [0.1, 0.15) is 50.5 Å². The van der Waals surface area contributed by atoms with Crippen LogP contribution in [0.25, 0.3) is 0 Å². The standard InChI is InChI=1S/C14H24N2S/c1-2-8-15-13(11-14-16-9-10-17-14)12-6-4-3-5-7-12/h9-10,12-13,15H,2-8,11H2,1H3. The molecule has 1 aliphatic rings. The van der Waals surface area contributed by atoms with Gasteiger partial charge in [-0.15, -0.1) is 11.3 Å². The fraction of sp³-hybridized carbons (Fsp3) is 0.786. The van der Waals surface area contributed by atoms with E-state index in [2.05, 4.69) is 22.6 Å². The Balaban J connectivity index is 1.91. The third-order valence-electron chi connectivity index (χ3n) is 3.75. The molecule has 0 saturated heterocycles. The molecule has 1 unspecified atom stereocenters. The maximum atomic E-state index is 4.44. The minimum Gasteiger partial charge on any atom is -0.313 e. The van der Waals surface area contributed by atoms with Gasteiger partial charge in [0.15, 0.2) is 0 Å². The minimum atomic E-state index is 0.654. The van der Waals surface area contributed by atoms with Gasteiger partial charge in [0.25, 0.3) is 0 Å². The van der Waals surface area contributed by atoms with E-state index in [4.69, 9.17) is 0 Å². The van der Waals surface area contributed by atoms with Gasteiger partial charge in [0.1, 0.15) is 0 Å². The summed E-state index contributed by atoms with van der Waals surface area (Å²) in [5.41, 5.74) is 0. The molecule has 1 N–H and O–H groups in total. The van der Waals surface area contributed by atoms with Crippen molar-refractivity contribution in [1.29, 1.82) is 0 Å². The van der Waals surface area contributed by atoms with Crippen molar-refractivity contribution in [2.24, 2.45) is 5.92 Å². The topological polar surface area (TPSA) is 24.9 Å². The lowest BCUT2D eigenvalue weighted by molar-refractivity contribution is 0.267. The summed E-state index contributed by atoms with van der Waals surface area (Å²) in [6.07, 6.45) is 11.4. The summed E-state index contributed by atoms with van der Waals surface area (Å²) < 4.78 is 0. The molecule has 1 aliphatic carbocycles. The van der Waals surface area contributed by atoms with Gasteiger partial charge in [-0.1, -0.05) is 26.2 Å². The summed E-state index contributed by atoms with van der Waals surface area (Å²) in [5.74, 6) is 0.874. The highest BCUT2D eigenvalue weighted by Gasteiger charge is 2.23. The van der Waals surface area contributed by atoms with E-state index in [9.17, 15) is 0 Å². The smallest absolute Gasteiger partial charge is 0.0940 e. The van der Waals surface area contributed by atoms with E-state index in [1.165, 1.54) is 43.5 Å². The van der Waals surface area contributed by atoms with Crippen molar-refractivity contribution < 1.29 is 0 Å². The molecule has 0 radical (unpaired) electrons. The summed E-state index contributed by atoms with van der Waals surface area (Å²) in [6, 6.07) is 0.654. The van der Waals surface area contributed by atoms with Crippen LogP contribution in [-0.2, 0) is 6.42 Å². The van der Waals surface area contributed by atoms with E-state index in [1.54, 1.807) is 11.3 Å². The Morgan fingerprint density at radius 3 is 2.88 bits per heavy atom. The molecule has 1 fully saturated rings. The predicted octanol–water partition coefficient (Wildman–Crippen LogP) is 3.63. The predicted molar refractivity (Wildman–Crippen MR) is 74.5 cm³/mol. The average molecular weight is 252 g/mol. The second-order valence-corrected chi connectivity index (χ2v) is 6.07. The van der Waals surface area contributed by atoms with Crippen molar-refractivity contribution >= 4 is 11.3 Å². The zero-order chi connectivity index (χ0) is 11.9. The molecular weight excluding hydrogens is 228 g/mol. The Hall–Kier alpha value is -0.410. The molecule has 0 bridgehead atoms. The van der Waals surface area contributed by atoms with Crippen molar-refractivity contribution in [2.75, 3.05) is 6.54 Å². The largest absolute Gasteiger partial charge is 0.313 e. The first kappa shape index (κ1) is 13.0. The normalized spacial score (nSPS) is 19.4. The van der Waals surface area contributed by atoms with Gasteiger partial charge in [0, 0.05) is 24.0 Å². The van der Waals surface area contributed by atoms with Crippen molar-refractivity contribution in [1.82, 2.24) is 10.3 Å². The Morgan fingerprint density at radius 2 is 2.24 bits per heavy atom. The van der Waals surface area contributed by atoms with Gasteiger partial charge in [0.05, 0.1) is 5.01 Å². The van der Waals surface area contributed by atoms with Crippen LogP contribution in [0, 0.1) is 5.92 Å². The van der Waals surface area contributed by atoms with Crippen LogP contribution in [-0.4, -0.2) is 17.6 Å². The lowest BCUT2D eigenvalue weighted by Gasteiger charge is -2.30. The van der Waals surface area contributed by atoms with Crippen molar-refractivity contribution in [2.45, 2.75) is 57.9 Å². The fourth-order valence-corrected chi connectivity index (χ4v) is 3.49. The van der Waals surface area contributed by atoms with E-state index in [0.29, 0.717) is 6.04 Å². The van der Waals surface area contributed by atoms with E-state index in [-0.39, 0.29) is 0 Å². The van der Waals surface area contributed by atoms with Crippen LogP contribution in [0.2, 0.25) is 0 Å². The maximum absolute atomic E-state index is 4.44. The highest BCUT2D eigenvalue weighted by Crippen LogP contribution is 2.28. The molecule has 0 aromatic carbocycles. The van der Waals surface area contributed by atoms with Gasteiger partial charge in [-0.2, -0.15) is 0 Å². The summed E-state index contributed by atoms with van der Waals surface area (Å²) in [4.78, 5) is 4.44. The van der Waals surface area contributed by atoms with Crippen LogP contribution in [0.5, 0.6) is 0 Å². The van der Waals surface area contributed by atoms with Gasteiger partial charge in [0.2, 0.25) is 0 Å². The second-order valence-electron chi connectivity index (χ2n) is 5.09. The van der Waals surface area contributed by atoms with Crippen LogP contribution >= 0.6 is 11.3 Å². The Kier molecular flexibility index (Phi) is 5.46. The Bertz CT molecular complexity index is 291. The number of rotatable bonds is 6. The quantitative estimate of drug-likeness (QED) is 0.836. The number of nitrogens with one attached hydrogen (secondary N) is 1. The first-order chi connectivity index (χ1) is 8.40. The molecular formula is C14H24N2S. The Morgan fingerprint density at radius 1 is 1.41 bits per heavy atom. The summed E-state index contributed by atoms with van der Waals surface area (Å²) >= 11 is 1.80. The molecule has 0 amide bonds. The zero-order valence-electron chi connectivity index (χ0n) is 10.8. The lowest BCUT2D eigenvalue weighted by Crippen LogP contribution is -2.39. The second kappa shape index (κ2) is 7.12. The van der Waals surface area contributed by atoms with Crippen LogP contribution in [0.3, 0.4) is 0 Å². The number of hydrogen-bond acceptors (Lipinski definition) is 3. The SMILES string of the molecule is CCCNC(Cc1nccs1)C1CCCCC1. The highest BCUT2D eigenvalue weighted by atomic mass is 32.1. The molecule has 0 aliphatic heterocycles.